The van der Waals surface area contributed by atoms with Crippen molar-refractivity contribution in [2.75, 3.05) is 26.2 Å². The molecule has 0 bridgehead atoms. The van der Waals surface area contributed by atoms with E-state index < -0.39 is 0 Å². The van der Waals surface area contributed by atoms with Gasteiger partial charge in [-0.3, -0.25) is 4.90 Å². The lowest BCUT2D eigenvalue weighted by Crippen LogP contribution is -2.27. The lowest BCUT2D eigenvalue weighted by Gasteiger charge is -2.19. The van der Waals surface area contributed by atoms with Gasteiger partial charge in [0.05, 0.1) is 0 Å². The molecule has 0 atom stereocenters. The van der Waals surface area contributed by atoms with Crippen LogP contribution in [0.4, 0.5) is 0 Å². The van der Waals surface area contributed by atoms with Crippen LogP contribution in [0.15, 0.2) is 24.3 Å². The van der Waals surface area contributed by atoms with Gasteiger partial charge in [-0.05, 0) is 36.1 Å². The molecule has 2 rings (SSSR count). The number of likely N-dealkylation sites (tertiary alicyclic amines) is 1. The maximum absolute atomic E-state index is 5.75. The molecule has 3 nitrogen and oxygen atoms in total. The number of benzene rings is 1. The molecule has 0 saturated carbocycles. The number of rotatable bonds is 5. The summed E-state index contributed by atoms with van der Waals surface area (Å²) in [5, 5.41) is 0. The van der Waals surface area contributed by atoms with Crippen LogP contribution in [0.2, 0.25) is 0 Å². The van der Waals surface area contributed by atoms with E-state index in [4.69, 9.17) is 10.5 Å². The fraction of sp³-hybridized carbons (Fsp3) is 0.600. The zero-order chi connectivity index (χ0) is 13.0. The molecular formula is C15H24N2O. The lowest BCUT2D eigenvalue weighted by atomic mass is 9.93. The average molecular weight is 248 g/mol. The fourth-order valence-electron chi connectivity index (χ4n) is 2.43. The van der Waals surface area contributed by atoms with Crippen molar-refractivity contribution in [2.24, 2.45) is 11.1 Å². The molecule has 1 fully saturated rings. The highest BCUT2D eigenvalue weighted by Gasteiger charge is 2.28. The zero-order valence-electron chi connectivity index (χ0n) is 11.5. The first kappa shape index (κ1) is 13.4. The minimum atomic E-state index is 0.475. The molecule has 1 aromatic carbocycles. The number of ether oxygens (including phenoxy) is 1. The number of hydrogen-bond acceptors (Lipinski definition) is 3. The van der Waals surface area contributed by atoms with Crippen molar-refractivity contribution in [3.05, 3.63) is 29.8 Å². The molecule has 0 amide bonds. The Labute approximate surface area is 110 Å². The molecule has 1 saturated heterocycles. The van der Waals surface area contributed by atoms with Gasteiger partial charge in [0.1, 0.15) is 12.4 Å². The predicted octanol–water partition coefficient (Wildman–Crippen LogP) is 2.26. The van der Waals surface area contributed by atoms with Gasteiger partial charge in [-0.25, -0.2) is 0 Å². The van der Waals surface area contributed by atoms with Crippen LogP contribution in [0.3, 0.4) is 0 Å². The summed E-state index contributed by atoms with van der Waals surface area (Å²) in [4.78, 5) is 2.48. The van der Waals surface area contributed by atoms with Crippen molar-refractivity contribution < 1.29 is 4.74 Å². The first-order chi connectivity index (χ1) is 8.59. The standard InChI is InChI=1S/C15H24N2O/c1-15(2)7-8-17(12-15)9-10-18-14-5-3-13(11-16)4-6-14/h3-6H,7-12,16H2,1-2H3. The fourth-order valence-corrected chi connectivity index (χ4v) is 2.43. The molecule has 1 aliphatic heterocycles. The van der Waals surface area contributed by atoms with Gasteiger partial charge in [-0.15, -0.1) is 0 Å². The Morgan fingerprint density at radius 2 is 2.00 bits per heavy atom. The van der Waals surface area contributed by atoms with Gasteiger partial charge in [0.15, 0.2) is 0 Å². The second-order valence-electron chi connectivity index (χ2n) is 5.89. The quantitative estimate of drug-likeness (QED) is 0.868. The summed E-state index contributed by atoms with van der Waals surface area (Å²) < 4.78 is 5.75. The Hall–Kier alpha value is -1.06. The first-order valence-electron chi connectivity index (χ1n) is 6.73. The molecule has 1 aliphatic rings. The van der Waals surface area contributed by atoms with Crippen LogP contribution in [-0.4, -0.2) is 31.1 Å². The molecule has 0 unspecified atom stereocenters. The molecule has 0 aliphatic carbocycles. The van der Waals surface area contributed by atoms with Crippen LogP contribution < -0.4 is 10.5 Å². The second-order valence-corrected chi connectivity index (χ2v) is 5.89. The summed E-state index contributed by atoms with van der Waals surface area (Å²) >= 11 is 0. The number of nitrogens with two attached hydrogens (primary N) is 1. The van der Waals surface area contributed by atoms with Gasteiger partial charge in [0, 0.05) is 19.6 Å². The minimum Gasteiger partial charge on any atom is -0.492 e. The second kappa shape index (κ2) is 5.72. The summed E-state index contributed by atoms with van der Waals surface area (Å²) in [6, 6.07) is 8.04. The van der Waals surface area contributed by atoms with Crippen LogP contribution in [-0.2, 0) is 6.54 Å². The van der Waals surface area contributed by atoms with E-state index in [0.717, 1.165) is 24.5 Å². The SMILES string of the molecule is CC1(C)CCN(CCOc2ccc(CN)cc2)C1. The Bertz CT molecular complexity index is 373. The minimum absolute atomic E-state index is 0.475. The topological polar surface area (TPSA) is 38.5 Å². The van der Waals surface area contributed by atoms with Crippen LogP contribution in [0.5, 0.6) is 5.75 Å². The summed E-state index contributed by atoms with van der Waals surface area (Å²) in [5.74, 6) is 0.936. The van der Waals surface area contributed by atoms with E-state index in [0.29, 0.717) is 12.0 Å². The molecule has 0 radical (unpaired) electrons. The monoisotopic (exact) mass is 248 g/mol. The Morgan fingerprint density at radius 3 is 2.56 bits per heavy atom. The van der Waals surface area contributed by atoms with E-state index in [1.165, 1.54) is 19.5 Å². The van der Waals surface area contributed by atoms with Gasteiger partial charge < -0.3 is 10.5 Å². The van der Waals surface area contributed by atoms with Gasteiger partial charge in [-0.1, -0.05) is 26.0 Å². The third-order valence-corrected chi connectivity index (χ3v) is 3.59. The van der Waals surface area contributed by atoms with Crippen LogP contribution >= 0.6 is 0 Å². The average Bonchev–Trinajstić information content (AvgIpc) is 2.70. The lowest BCUT2D eigenvalue weighted by molar-refractivity contribution is 0.222. The van der Waals surface area contributed by atoms with Crippen molar-refractivity contribution in [2.45, 2.75) is 26.8 Å². The largest absolute Gasteiger partial charge is 0.492 e. The van der Waals surface area contributed by atoms with E-state index in [2.05, 4.69) is 18.7 Å². The molecule has 100 valence electrons. The van der Waals surface area contributed by atoms with E-state index in [1.807, 2.05) is 24.3 Å². The van der Waals surface area contributed by atoms with Gasteiger partial charge in [0.25, 0.3) is 0 Å². The molecule has 18 heavy (non-hydrogen) atoms. The molecule has 1 aromatic rings. The highest BCUT2D eigenvalue weighted by molar-refractivity contribution is 5.27. The van der Waals surface area contributed by atoms with Crippen molar-refractivity contribution in [1.29, 1.82) is 0 Å². The predicted molar refractivity (Wildman–Crippen MR) is 74.7 cm³/mol. The normalized spacial score (nSPS) is 19.1. The van der Waals surface area contributed by atoms with Crippen LogP contribution in [0, 0.1) is 5.41 Å². The Balaban J connectivity index is 1.72. The Morgan fingerprint density at radius 1 is 1.28 bits per heavy atom. The number of nitrogens with zero attached hydrogens (tertiary/aromatic N) is 1. The zero-order valence-corrected chi connectivity index (χ0v) is 11.5. The molecule has 0 aromatic heterocycles. The van der Waals surface area contributed by atoms with Crippen molar-refractivity contribution >= 4 is 0 Å². The van der Waals surface area contributed by atoms with E-state index in [1.54, 1.807) is 0 Å². The van der Waals surface area contributed by atoms with Gasteiger partial charge >= 0.3 is 0 Å². The van der Waals surface area contributed by atoms with Crippen LogP contribution in [0.1, 0.15) is 25.8 Å². The third kappa shape index (κ3) is 3.72. The third-order valence-electron chi connectivity index (χ3n) is 3.59. The van der Waals surface area contributed by atoms with Crippen molar-refractivity contribution in [3.63, 3.8) is 0 Å². The Kier molecular flexibility index (Phi) is 4.25. The molecule has 1 heterocycles. The smallest absolute Gasteiger partial charge is 0.119 e. The van der Waals surface area contributed by atoms with Crippen LogP contribution in [0.25, 0.3) is 0 Å². The molecule has 0 spiro atoms. The maximum Gasteiger partial charge on any atom is 0.119 e. The summed E-state index contributed by atoms with van der Waals surface area (Å²) in [5.41, 5.74) is 7.18. The van der Waals surface area contributed by atoms with Crippen molar-refractivity contribution in [1.82, 2.24) is 4.90 Å². The summed E-state index contributed by atoms with van der Waals surface area (Å²) in [7, 11) is 0. The van der Waals surface area contributed by atoms with Gasteiger partial charge in [-0.2, -0.15) is 0 Å². The first-order valence-corrected chi connectivity index (χ1v) is 6.73. The molecular weight excluding hydrogens is 224 g/mol. The summed E-state index contributed by atoms with van der Waals surface area (Å²) in [6.07, 6.45) is 1.29. The molecule has 3 heteroatoms. The maximum atomic E-state index is 5.75. The van der Waals surface area contributed by atoms with E-state index >= 15 is 0 Å². The van der Waals surface area contributed by atoms with E-state index in [-0.39, 0.29) is 0 Å². The summed E-state index contributed by atoms with van der Waals surface area (Å²) in [6.45, 7) is 9.41. The molecule has 2 N–H and O–H groups in total. The number of hydrogen-bond donors (Lipinski definition) is 1. The van der Waals surface area contributed by atoms with Gasteiger partial charge in [0.2, 0.25) is 0 Å². The van der Waals surface area contributed by atoms with E-state index in [9.17, 15) is 0 Å². The highest BCUT2D eigenvalue weighted by atomic mass is 16.5. The van der Waals surface area contributed by atoms with Crippen molar-refractivity contribution in [3.8, 4) is 5.75 Å². The highest BCUT2D eigenvalue weighted by Crippen LogP contribution is 2.28.